The van der Waals surface area contributed by atoms with E-state index in [1.165, 1.54) is 11.3 Å². The lowest BCUT2D eigenvalue weighted by molar-refractivity contribution is 0.0954. The molecule has 0 saturated heterocycles. The lowest BCUT2D eigenvalue weighted by Gasteiger charge is -1.97. The van der Waals surface area contributed by atoms with Crippen LogP contribution >= 0.6 is 22.9 Å². The van der Waals surface area contributed by atoms with Crippen LogP contribution in [0.4, 0.5) is 0 Å². The van der Waals surface area contributed by atoms with Gasteiger partial charge in [0.1, 0.15) is 10.7 Å². The second kappa shape index (κ2) is 7.78. The third-order valence-corrected chi connectivity index (χ3v) is 4.41. The second-order valence-corrected chi connectivity index (χ2v) is 6.13. The van der Waals surface area contributed by atoms with E-state index in [1.807, 2.05) is 48.5 Å². The molecule has 0 unspecified atom stereocenters. The molecule has 3 nitrogen and oxygen atoms in total. The van der Waals surface area contributed by atoms with Crippen molar-refractivity contribution >= 4 is 28.8 Å². The highest BCUT2D eigenvalue weighted by Crippen LogP contribution is 2.23. The van der Waals surface area contributed by atoms with Gasteiger partial charge in [-0.3, -0.25) is 4.79 Å². The van der Waals surface area contributed by atoms with Gasteiger partial charge in [-0.2, -0.15) is 0 Å². The van der Waals surface area contributed by atoms with Gasteiger partial charge >= 0.3 is 0 Å². The van der Waals surface area contributed by atoms with Gasteiger partial charge < -0.3 is 5.32 Å². The Morgan fingerprint density at radius 2 is 1.88 bits per heavy atom. The predicted octanol–water partition coefficient (Wildman–Crippen LogP) is 4.25. The number of carbonyl (C=O) groups excluding carboxylic acids is 1. The van der Waals surface area contributed by atoms with Gasteiger partial charge in [-0.15, -0.1) is 11.3 Å². The van der Waals surface area contributed by atoms with E-state index in [2.05, 4.69) is 22.1 Å². The van der Waals surface area contributed by atoms with Crippen molar-refractivity contribution in [3.63, 3.8) is 0 Å². The van der Waals surface area contributed by atoms with E-state index in [1.54, 1.807) is 11.4 Å². The fraction of sp³-hybridized carbons (Fsp3) is 0.0526. The Morgan fingerprint density at radius 3 is 2.67 bits per heavy atom. The van der Waals surface area contributed by atoms with Crippen molar-refractivity contribution in [3.05, 3.63) is 76.3 Å². The number of amides is 1. The molecule has 118 valence electrons. The first-order valence-electron chi connectivity index (χ1n) is 7.26. The van der Waals surface area contributed by atoms with E-state index in [9.17, 15) is 4.79 Å². The number of rotatable bonds is 3. The zero-order chi connectivity index (χ0) is 16.8. The van der Waals surface area contributed by atoms with Crippen LogP contribution in [-0.4, -0.2) is 17.4 Å². The molecule has 0 saturated carbocycles. The van der Waals surface area contributed by atoms with Crippen LogP contribution in [0.15, 0.2) is 60.0 Å². The molecule has 1 N–H and O–H groups in total. The van der Waals surface area contributed by atoms with Gasteiger partial charge in [-0.1, -0.05) is 65.9 Å². The number of thiazole rings is 1. The summed E-state index contributed by atoms with van der Waals surface area (Å²) >= 11 is 7.47. The molecule has 0 aliphatic rings. The van der Waals surface area contributed by atoms with Crippen LogP contribution in [0.25, 0.3) is 10.6 Å². The number of hydrogen-bond acceptors (Lipinski definition) is 3. The summed E-state index contributed by atoms with van der Waals surface area (Å²) in [5.41, 5.74) is 2.15. The van der Waals surface area contributed by atoms with Crippen molar-refractivity contribution in [2.75, 3.05) is 6.54 Å². The summed E-state index contributed by atoms with van der Waals surface area (Å²) < 4.78 is 0. The first kappa shape index (κ1) is 16.3. The molecule has 0 bridgehead atoms. The van der Waals surface area contributed by atoms with Crippen LogP contribution in [-0.2, 0) is 0 Å². The molecule has 1 heterocycles. The molecular weight excluding hydrogens is 340 g/mol. The fourth-order valence-electron chi connectivity index (χ4n) is 2.01. The van der Waals surface area contributed by atoms with Gasteiger partial charge in [0, 0.05) is 16.5 Å². The molecule has 0 spiro atoms. The third kappa shape index (κ3) is 4.02. The Labute approximate surface area is 149 Å². The van der Waals surface area contributed by atoms with Gasteiger partial charge in [-0.25, -0.2) is 4.98 Å². The first-order chi connectivity index (χ1) is 11.7. The van der Waals surface area contributed by atoms with Crippen LogP contribution in [0.1, 0.15) is 16.1 Å². The molecule has 3 rings (SSSR count). The van der Waals surface area contributed by atoms with Crippen molar-refractivity contribution in [2.24, 2.45) is 0 Å². The quantitative estimate of drug-likeness (QED) is 0.716. The normalized spacial score (nSPS) is 9.88. The minimum atomic E-state index is -0.234. The van der Waals surface area contributed by atoms with E-state index >= 15 is 0 Å². The molecule has 0 fully saturated rings. The average molecular weight is 353 g/mol. The SMILES string of the molecule is O=C(NCC#Cc1ccccc1Cl)c1csc(-c2ccccc2)n1. The molecule has 0 atom stereocenters. The highest BCUT2D eigenvalue weighted by atomic mass is 35.5. The van der Waals surface area contributed by atoms with Crippen LogP contribution < -0.4 is 5.32 Å². The van der Waals surface area contributed by atoms with Crippen LogP contribution in [0.3, 0.4) is 0 Å². The molecule has 2 aromatic carbocycles. The van der Waals surface area contributed by atoms with Crippen molar-refractivity contribution in [1.29, 1.82) is 0 Å². The standard InChI is InChI=1S/C19H13ClN2OS/c20-16-11-5-4-7-14(16)10-6-12-21-18(23)17-13-24-19(22-17)15-8-2-1-3-9-15/h1-5,7-9,11,13H,12H2,(H,21,23). The first-order valence-corrected chi connectivity index (χ1v) is 8.52. The van der Waals surface area contributed by atoms with Gasteiger partial charge in [-0.05, 0) is 12.1 Å². The molecule has 0 aliphatic heterocycles. The number of carbonyl (C=O) groups is 1. The Hall–Kier alpha value is -2.61. The Morgan fingerprint density at radius 1 is 1.12 bits per heavy atom. The number of hydrogen-bond donors (Lipinski definition) is 1. The Kier molecular flexibility index (Phi) is 5.27. The van der Waals surface area contributed by atoms with E-state index in [0.29, 0.717) is 10.7 Å². The van der Waals surface area contributed by atoms with Crippen molar-refractivity contribution in [1.82, 2.24) is 10.3 Å². The Bertz CT molecular complexity index is 910. The molecule has 24 heavy (non-hydrogen) atoms. The minimum absolute atomic E-state index is 0.234. The maximum absolute atomic E-state index is 12.1. The molecule has 0 radical (unpaired) electrons. The van der Waals surface area contributed by atoms with E-state index in [4.69, 9.17) is 11.6 Å². The lowest BCUT2D eigenvalue weighted by Crippen LogP contribution is -2.23. The molecule has 0 aliphatic carbocycles. The Balaban J connectivity index is 1.61. The summed E-state index contributed by atoms with van der Waals surface area (Å²) in [4.78, 5) is 16.5. The molecule has 1 amide bonds. The van der Waals surface area contributed by atoms with E-state index in [0.717, 1.165) is 16.1 Å². The van der Waals surface area contributed by atoms with Crippen LogP contribution in [0.5, 0.6) is 0 Å². The predicted molar refractivity (Wildman–Crippen MR) is 98.2 cm³/mol. The number of halogens is 1. The summed E-state index contributed by atoms with van der Waals surface area (Å²) in [7, 11) is 0. The maximum atomic E-state index is 12.1. The zero-order valence-electron chi connectivity index (χ0n) is 12.6. The maximum Gasteiger partial charge on any atom is 0.271 e. The fourth-order valence-corrected chi connectivity index (χ4v) is 3.00. The molecular formula is C19H13ClN2OS. The topological polar surface area (TPSA) is 42.0 Å². The van der Waals surface area contributed by atoms with E-state index < -0.39 is 0 Å². The minimum Gasteiger partial charge on any atom is -0.340 e. The summed E-state index contributed by atoms with van der Waals surface area (Å²) in [6, 6.07) is 17.1. The number of nitrogens with one attached hydrogen (secondary N) is 1. The average Bonchev–Trinajstić information content (AvgIpc) is 3.11. The van der Waals surface area contributed by atoms with E-state index in [-0.39, 0.29) is 12.5 Å². The largest absolute Gasteiger partial charge is 0.340 e. The molecule has 3 aromatic rings. The van der Waals surface area contributed by atoms with Gasteiger partial charge in [0.2, 0.25) is 0 Å². The number of benzene rings is 2. The van der Waals surface area contributed by atoms with Gasteiger partial charge in [0.05, 0.1) is 11.6 Å². The number of aromatic nitrogens is 1. The van der Waals surface area contributed by atoms with Crippen LogP contribution in [0.2, 0.25) is 5.02 Å². The van der Waals surface area contributed by atoms with Crippen LogP contribution in [0, 0.1) is 11.8 Å². The summed E-state index contributed by atoms with van der Waals surface area (Å²) in [6.07, 6.45) is 0. The smallest absolute Gasteiger partial charge is 0.271 e. The zero-order valence-corrected chi connectivity index (χ0v) is 14.2. The molecule has 1 aromatic heterocycles. The highest BCUT2D eigenvalue weighted by Gasteiger charge is 2.10. The van der Waals surface area contributed by atoms with Gasteiger partial charge in [0.15, 0.2) is 0 Å². The summed E-state index contributed by atoms with van der Waals surface area (Å²) in [6.45, 7) is 0.238. The van der Waals surface area contributed by atoms with Crippen molar-refractivity contribution in [3.8, 4) is 22.4 Å². The summed E-state index contributed by atoms with van der Waals surface area (Å²) in [5, 5.41) is 5.91. The number of nitrogens with zero attached hydrogens (tertiary/aromatic N) is 1. The monoisotopic (exact) mass is 352 g/mol. The molecule has 5 heteroatoms. The highest BCUT2D eigenvalue weighted by molar-refractivity contribution is 7.13. The van der Waals surface area contributed by atoms with Gasteiger partial charge in [0.25, 0.3) is 5.91 Å². The third-order valence-electron chi connectivity index (χ3n) is 3.19. The summed E-state index contributed by atoms with van der Waals surface area (Å²) in [5.74, 6) is 5.59. The second-order valence-electron chi connectivity index (χ2n) is 4.87. The lowest BCUT2D eigenvalue weighted by atomic mass is 10.2. The van der Waals surface area contributed by atoms with Crippen molar-refractivity contribution < 1.29 is 4.79 Å². The van der Waals surface area contributed by atoms with Crippen molar-refractivity contribution in [2.45, 2.75) is 0 Å².